The summed E-state index contributed by atoms with van der Waals surface area (Å²) in [7, 11) is 1.67. The molecule has 130 valence electrons. The zero-order valence-electron chi connectivity index (χ0n) is 14.5. The van der Waals surface area contributed by atoms with Crippen molar-refractivity contribution in [1.82, 2.24) is 10.2 Å². The standard InChI is InChI=1S/C21H24N2O2/c1-25-17-11-9-16(10-12-17)20-8-5-13-23(20)21(24)22-19-14-18(19)15-6-3-2-4-7-15/h2-4,6-7,9-12,18-20H,5,8,13-14H2,1H3,(H,22,24)/t18-,19+,20-/m0/s1. The first-order chi connectivity index (χ1) is 12.3. The highest BCUT2D eigenvalue weighted by Crippen LogP contribution is 2.41. The van der Waals surface area contributed by atoms with E-state index in [-0.39, 0.29) is 18.1 Å². The van der Waals surface area contributed by atoms with Gasteiger partial charge >= 0.3 is 6.03 Å². The van der Waals surface area contributed by atoms with E-state index in [1.165, 1.54) is 11.1 Å². The predicted molar refractivity (Wildman–Crippen MR) is 97.8 cm³/mol. The molecule has 1 saturated heterocycles. The van der Waals surface area contributed by atoms with Crippen molar-refractivity contribution in [3.63, 3.8) is 0 Å². The van der Waals surface area contributed by atoms with E-state index in [2.05, 4.69) is 41.7 Å². The maximum Gasteiger partial charge on any atom is 0.318 e. The van der Waals surface area contributed by atoms with Crippen LogP contribution in [0.3, 0.4) is 0 Å². The van der Waals surface area contributed by atoms with Crippen LogP contribution in [-0.4, -0.2) is 30.6 Å². The molecule has 1 heterocycles. The number of hydrogen-bond acceptors (Lipinski definition) is 2. The molecule has 1 aliphatic carbocycles. The second-order valence-corrected chi connectivity index (χ2v) is 6.93. The number of nitrogens with one attached hydrogen (secondary N) is 1. The average molecular weight is 336 g/mol. The molecule has 0 aromatic heterocycles. The van der Waals surface area contributed by atoms with Gasteiger partial charge in [-0.2, -0.15) is 0 Å². The van der Waals surface area contributed by atoms with Crippen molar-refractivity contribution in [1.29, 1.82) is 0 Å². The SMILES string of the molecule is COc1ccc([C@@H]2CCCN2C(=O)N[C@@H]2C[C@H]2c2ccccc2)cc1. The van der Waals surface area contributed by atoms with E-state index in [1.54, 1.807) is 7.11 Å². The Bertz CT molecular complexity index is 729. The molecule has 4 nitrogen and oxygen atoms in total. The molecule has 2 fully saturated rings. The molecule has 2 aromatic rings. The minimum atomic E-state index is 0.0711. The number of carbonyl (C=O) groups excluding carboxylic acids is 1. The number of benzene rings is 2. The molecular weight excluding hydrogens is 312 g/mol. The molecule has 4 rings (SSSR count). The van der Waals surface area contributed by atoms with Gasteiger partial charge in [0.1, 0.15) is 5.75 Å². The summed E-state index contributed by atoms with van der Waals surface area (Å²) in [5.41, 5.74) is 2.50. The van der Waals surface area contributed by atoms with Crippen molar-refractivity contribution in [2.24, 2.45) is 0 Å². The Kier molecular flexibility index (Phi) is 4.35. The van der Waals surface area contributed by atoms with Gasteiger partial charge in [0.25, 0.3) is 0 Å². The van der Waals surface area contributed by atoms with Crippen molar-refractivity contribution >= 4 is 6.03 Å². The third kappa shape index (κ3) is 3.34. The molecular formula is C21H24N2O2. The summed E-state index contributed by atoms with van der Waals surface area (Å²) in [6, 6.07) is 19.0. The van der Waals surface area contributed by atoms with Crippen LogP contribution in [0.4, 0.5) is 4.79 Å². The van der Waals surface area contributed by atoms with Crippen molar-refractivity contribution in [3.8, 4) is 5.75 Å². The Hall–Kier alpha value is -2.49. The van der Waals surface area contributed by atoms with E-state index in [0.717, 1.165) is 31.6 Å². The van der Waals surface area contributed by atoms with E-state index in [0.29, 0.717) is 5.92 Å². The molecule has 2 amide bonds. The van der Waals surface area contributed by atoms with Gasteiger partial charge in [-0.3, -0.25) is 0 Å². The zero-order valence-corrected chi connectivity index (χ0v) is 14.5. The summed E-state index contributed by atoms with van der Waals surface area (Å²) in [5, 5.41) is 3.23. The number of ether oxygens (including phenoxy) is 1. The number of likely N-dealkylation sites (tertiary alicyclic amines) is 1. The van der Waals surface area contributed by atoms with E-state index in [4.69, 9.17) is 4.74 Å². The summed E-state index contributed by atoms with van der Waals surface area (Å²) < 4.78 is 5.23. The van der Waals surface area contributed by atoms with Gasteiger partial charge in [-0.25, -0.2) is 4.79 Å². The molecule has 0 unspecified atom stereocenters. The molecule has 2 aromatic carbocycles. The van der Waals surface area contributed by atoms with Crippen LogP contribution in [-0.2, 0) is 0 Å². The fourth-order valence-corrected chi connectivity index (χ4v) is 3.85. The van der Waals surface area contributed by atoms with Crippen LogP contribution < -0.4 is 10.1 Å². The van der Waals surface area contributed by atoms with Gasteiger partial charge in [-0.1, -0.05) is 42.5 Å². The summed E-state index contributed by atoms with van der Waals surface area (Å²) in [6.07, 6.45) is 3.11. The number of methoxy groups -OCH3 is 1. The molecule has 3 atom stereocenters. The van der Waals surface area contributed by atoms with Gasteiger partial charge in [-0.15, -0.1) is 0 Å². The number of amides is 2. The lowest BCUT2D eigenvalue weighted by Crippen LogP contribution is -2.40. The lowest BCUT2D eigenvalue weighted by atomic mass is 10.0. The van der Waals surface area contributed by atoms with E-state index in [1.807, 2.05) is 23.1 Å². The molecule has 0 bridgehead atoms. The first kappa shape index (κ1) is 16.0. The van der Waals surface area contributed by atoms with Crippen LogP contribution >= 0.6 is 0 Å². The highest BCUT2D eigenvalue weighted by Gasteiger charge is 2.41. The van der Waals surface area contributed by atoms with Crippen LogP contribution in [0.25, 0.3) is 0 Å². The number of urea groups is 1. The molecule has 25 heavy (non-hydrogen) atoms. The van der Waals surface area contributed by atoms with Gasteiger partial charge in [-0.05, 0) is 42.5 Å². The second kappa shape index (κ2) is 6.79. The largest absolute Gasteiger partial charge is 0.497 e. The zero-order chi connectivity index (χ0) is 17.2. The van der Waals surface area contributed by atoms with Gasteiger partial charge < -0.3 is 15.0 Å². The summed E-state index contributed by atoms with van der Waals surface area (Å²) >= 11 is 0. The number of carbonyl (C=O) groups is 1. The van der Waals surface area contributed by atoms with Crippen LogP contribution in [0.15, 0.2) is 54.6 Å². The van der Waals surface area contributed by atoms with Crippen LogP contribution in [0.5, 0.6) is 5.75 Å². The third-order valence-corrected chi connectivity index (χ3v) is 5.34. The Morgan fingerprint density at radius 3 is 2.56 bits per heavy atom. The van der Waals surface area contributed by atoms with Crippen molar-refractivity contribution in [2.75, 3.05) is 13.7 Å². The lowest BCUT2D eigenvalue weighted by Gasteiger charge is -2.25. The van der Waals surface area contributed by atoms with E-state index in [9.17, 15) is 4.79 Å². The quantitative estimate of drug-likeness (QED) is 0.913. The van der Waals surface area contributed by atoms with Gasteiger partial charge in [0.15, 0.2) is 0 Å². The normalized spacial score (nSPS) is 24.8. The van der Waals surface area contributed by atoms with E-state index < -0.39 is 0 Å². The average Bonchev–Trinajstić information content (AvgIpc) is 3.25. The smallest absolute Gasteiger partial charge is 0.318 e. The van der Waals surface area contributed by atoms with Crippen molar-refractivity contribution in [3.05, 3.63) is 65.7 Å². The van der Waals surface area contributed by atoms with Crippen LogP contribution in [0.2, 0.25) is 0 Å². The fraction of sp³-hybridized carbons (Fsp3) is 0.381. The fourth-order valence-electron chi connectivity index (χ4n) is 3.85. The first-order valence-corrected chi connectivity index (χ1v) is 9.02. The molecule has 0 spiro atoms. The first-order valence-electron chi connectivity index (χ1n) is 9.02. The maximum absolute atomic E-state index is 12.8. The summed E-state index contributed by atoms with van der Waals surface area (Å²) in [6.45, 7) is 0.825. The van der Waals surface area contributed by atoms with Crippen LogP contribution in [0, 0.1) is 0 Å². The molecule has 1 aliphatic heterocycles. The highest BCUT2D eigenvalue weighted by atomic mass is 16.5. The Morgan fingerprint density at radius 2 is 1.84 bits per heavy atom. The van der Waals surface area contributed by atoms with Gasteiger partial charge in [0, 0.05) is 18.5 Å². The number of hydrogen-bond donors (Lipinski definition) is 1. The number of nitrogens with zero attached hydrogens (tertiary/aromatic N) is 1. The van der Waals surface area contributed by atoms with Gasteiger partial charge in [0.2, 0.25) is 0 Å². The molecule has 1 N–H and O–H groups in total. The lowest BCUT2D eigenvalue weighted by molar-refractivity contribution is 0.192. The van der Waals surface area contributed by atoms with Crippen molar-refractivity contribution in [2.45, 2.75) is 37.3 Å². The number of rotatable bonds is 4. The molecule has 0 radical (unpaired) electrons. The predicted octanol–water partition coefficient (Wildman–Crippen LogP) is 4.10. The monoisotopic (exact) mass is 336 g/mol. The Morgan fingerprint density at radius 1 is 1.08 bits per heavy atom. The Balaban J connectivity index is 1.39. The van der Waals surface area contributed by atoms with Crippen LogP contribution in [0.1, 0.15) is 42.3 Å². The maximum atomic E-state index is 12.8. The molecule has 4 heteroatoms. The summed E-state index contributed by atoms with van der Waals surface area (Å²) in [4.78, 5) is 14.8. The third-order valence-electron chi connectivity index (χ3n) is 5.34. The minimum Gasteiger partial charge on any atom is -0.497 e. The van der Waals surface area contributed by atoms with Crippen molar-refractivity contribution < 1.29 is 9.53 Å². The van der Waals surface area contributed by atoms with E-state index >= 15 is 0 Å². The molecule has 2 aliphatic rings. The highest BCUT2D eigenvalue weighted by molar-refractivity contribution is 5.76. The topological polar surface area (TPSA) is 41.6 Å². The summed E-state index contributed by atoms with van der Waals surface area (Å²) in [5.74, 6) is 1.31. The molecule has 1 saturated carbocycles. The Labute approximate surface area is 148 Å². The van der Waals surface area contributed by atoms with Gasteiger partial charge in [0.05, 0.1) is 13.2 Å². The minimum absolute atomic E-state index is 0.0711. The second-order valence-electron chi connectivity index (χ2n) is 6.93.